The fraction of sp³-hybridized carbons (Fsp3) is 0.278. The predicted molar refractivity (Wildman–Crippen MR) is 96.3 cm³/mol. The zero-order chi connectivity index (χ0) is 20.4. The van der Waals surface area contributed by atoms with Gasteiger partial charge in [0.2, 0.25) is 0 Å². The Morgan fingerprint density at radius 1 is 1.11 bits per heavy atom. The number of benzene rings is 2. The van der Waals surface area contributed by atoms with Crippen LogP contribution in [0.3, 0.4) is 0 Å². The van der Waals surface area contributed by atoms with Crippen molar-refractivity contribution in [3.63, 3.8) is 0 Å². The Morgan fingerprint density at radius 2 is 1.78 bits per heavy atom. The van der Waals surface area contributed by atoms with Gasteiger partial charge in [-0.25, -0.2) is 8.42 Å². The first kappa shape index (κ1) is 20.8. The number of hydrogen-bond donors (Lipinski definition) is 1. The van der Waals surface area contributed by atoms with Crippen LogP contribution in [0.2, 0.25) is 0 Å². The van der Waals surface area contributed by atoms with E-state index in [1.165, 1.54) is 25.2 Å². The second kappa shape index (κ2) is 7.59. The second-order valence-electron chi connectivity index (χ2n) is 6.09. The van der Waals surface area contributed by atoms with Crippen molar-refractivity contribution >= 4 is 21.6 Å². The first-order valence-corrected chi connectivity index (χ1v) is 9.37. The predicted octanol–water partition coefficient (Wildman–Crippen LogP) is 3.42. The molecule has 0 fully saturated rings. The van der Waals surface area contributed by atoms with Gasteiger partial charge in [-0.05, 0) is 49.2 Å². The third kappa shape index (κ3) is 5.00. The Labute approximate surface area is 155 Å². The van der Waals surface area contributed by atoms with Crippen molar-refractivity contribution in [2.75, 3.05) is 17.9 Å². The molecule has 1 amide bonds. The molecule has 0 spiro atoms. The summed E-state index contributed by atoms with van der Waals surface area (Å²) in [5, 5.41) is 1.72. The number of anilines is 1. The van der Waals surface area contributed by atoms with Crippen LogP contribution in [0.4, 0.5) is 18.9 Å². The van der Waals surface area contributed by atoms with Gasteiger partial charge in [0.05, 0.1) is 10.6 Å². The van der Waals surface area contributed by atoms with E-state index in [0.717, 1.165) is 21.5 Å². The lowest BCUT2D eigenvalue weighted by molar-refractivity contribution is -0.123. The molecule has 2 aromatic rings. The molecular formula is C18H19F3N2O3S. The highest BCUT2D eigenvalue weighted by molar-refractivity contribution is 7.92. The topological polar surface area (TPSA) is 66.5 Å². The second-order valence-corrected chi connectivity index (χ2v) is 8.06. The molecule has 0 unspecified atom stereocenters. The number of rotatable bonds is 5. The van der Waals surface area contributed by atoms with E-state index >= 15 is 0 Å². The number of halogens is 3. The summed E-state index contributed by atoms with van der Waals surface area (Å²) in [7, 11) is -2.62. The van der Waals surface area contributed by atoms with Crippen LogP contribution in [0.25, 0.3) is 0 Å². The van der Waals surface area contributed by atoms with Gasteiger partial charge in [0.25, 0.3) is 15.9 Å². The lowest BCUT2D eigenvalue weighted by Gasteiger charge is -2.22. The zero-order valence-corrected chi connectivity index (χ0v) is 15.8. The van der Waals surface area contributed by atoms with Crippen LogP contribution in [0, 0.1) is 13.8 Å². The van der Waals surface area contributed by atoms with Gasteiger partial charge in [0.15, 0.2) is 0 Å². The van der Waals surface area contributed by atoms with Gasteiger partial charge in [0, 0.05) is 12.6 Å². The van der Waals surface area contributed by atoms with E-state index in [9.17, 15) is 26.4 Å². The van der Waals surface area contributed by atoms with E-state index in [1.54, 1.807) is 24.4 Å². The molecule has 0 bridgehead atoms. The smallest absolute Gasteiger partial charge is 0.343 e. The van der Waals surface area contributed by atoms with Crippen LogP contribution in [0.5, 0.6) is 0 Å². The summed E-state index contributed by atoms with van der Waals surface area (Å²) >= 11 is 0. The summed E-state index contributed by atoms with van der Waals surface area (Å²) in [5.41, 5.74) is 1.92. The standard InChI is InChI=1S/C18H19F3N2O3S/c1-12-7-8-13(2)16(9-12)23(3)27(25,26)15-6-4-5-14(10-15)17(24)22-11-18(19,20)21/h4-10H,11H2,1-3H3,(H,22,24). The molecule has 0 aliphatic heterocycles. The summed E-state index contributed by atoms with van der Waals surface area (Å²) in [6.07, 6.45) is -4.55. The number of aryl methyl sites for hydroxylation is 2. The number of carbonyl (C=O) groups is 1. The molecule has 1 N–H and O–H groups in total. The number of amides is 1. The largest absolute Gasteiger partial charge is 0.405 e. The molecule has 0 aliphatic rings. The molecule has 27 heavy (non-hydrogen) atoms. The molecule has 2 aromatic carbocycles. The number of nitrogens with zero attached hydrogens (tertiary/aromatic N) is 1. The Morgan fingerprint density at radius 3 is 2.41 bits per heavy atom. The van der Waals surface area contributed by atoms with E-state index < -0.39 is 28.7 Å². The van der Waals surface area contributed by atoms with Crippen molar-refractivity contribution in [1.29, 1.82) is 0 Å². The van der Waals surface area contributed by atoms with Gasteiger partial charge in [-0.2, -0.15) is 13.2 Å². The molecule has 9 heteroatoms. The molecule has 0 aromatic heterocycles. The molecular weight excluding hydrogens is 381 g/mol. The Hall–Kier alpha value is -2.55. The number of nitrogens with one attached hydrogen (secondary N) is 1. The van der Waals surface area contributed by atoms with Gasteiger partial charge < -0.3 is 5.32 Å². The van der Waals surface area contributed by atoms with E-state index in [0.29, 0.717) is 5.69 Å². The van der Waals surface area contributed by atoms with E-state index in [-0.39, 0.29) is 10.5 Å². The van der Waals surface area contributed by atoms with Crippen LogP contribution in [0.1, 0.15) is 21.5 Å². The normalized spacial score (nSPS) is 11.9. The van der Waals surface area contributed by atoms with Crippen molar-refractivity contribution in [1.82, 2.24) is 5.32 Å². The Bertz CT molecular complexity index is 957. The molecule has 5 nitrogen and oxygen atoms in total. The SMILES string of the molecule is Cc1ccc(C)c(N(C)S(=O)(=O)c2cccc(C(=O)NCC(F)(F)F)c2)c1. The van der Waals surface area contributed by atoms with Gasteiger partial charge in [-0.1, -0.05) is 18.2 Å². The van der Waals surface area contributed by atoms with E-state index in [2.05, 4.69) is 0 Å². The van der Waals surface area contributed by atoms with Gasteiger partial charge >= 0.3 is 6.18 Å². The minimum atomic E-state index is -4.55. The molecule has 0 saturated carbocycles. The summed E-state index contributed by atoms with van der Waals surface area (Å²) in [6, 6.07) is 10.3. The quantitative estimate of drug-likeness (QED) is 0.836. The number of alkyl halides is 3. The average Bonchev–Trinajstić information content (AvgIpc) is 2.60. The molecule has 0 heterocycles. The number of carbonyl (C=O) groups excluding carboxylic acids is 1. The van der Waals surface area contributed by atoms with Crippen molar-refractivity contribution in [2.45, 2.75) is 24.9 Å². The first-order chi connectivity index (χ1) is 12.4. The summed E-state index contributed by atoms with van der Waals surface area (Å²) < 4.78 is 63.6. The third-order valence-electron chi connectivity index (χ3n) is 3.91. The maximum Gasteiger partial charge on any atom is 0.405 e. The number of hydrogen-bond acceptors (Lipinski definition) is 3. The minimum absolute atomic E-state index is 0.172. The Balaban J connectivity index is 2.34. The summed E-state index contributed by atoms with van der Waals surface area (Å²) in [6.45, 7) is 2.10. The highest BCUT2D eigenvalue weighted by atomic mass is 32.2. The van der Waals surface area contributed by atoms with Crippen LogP contribution < -0.4 is 9.62 Å². The van der Waals surface area contributed by atoms with Gasteiger partial charge in [0.1, 0.15) is 6.54 Å². The Kier molecular flexibility index (Phi) is 5.84. The molecule has 2 rings (SSSR count). The fourth-order valence-corrected chi connectivity index (χ4v) is 3.72. The summed E-state index contributed by atoms with van der Waals surface area (Å²) in [5.74, 6) is -1.00. The van der Waals surface area contributed by atoms with E-state index in [1.807, 2.05) is 13.0 Å². The first-order valence-electron chi connectivity index (χ1n) is 7.93. The van der Waals surface area contributed by atoms with Crippen molar-refractivity contribution in [2.24, 2.45) is 0 Å². The monoisotopic (exact) mass is 400 g/mol. The maximum absolute atomic E-state index is 12.9. The van der Waals surface area contributed by atoms with Gasteiger partial charge in [-0.3, -0.25) is 9.10 Å². The van der Waals surface area contributed by atoms with Crippen molar-refractivity contribution in [3.8, 4) is 0 Å². The van der Waals surface area contributed by atoms with Crippen molar-refractivity contribution < 1.29 is 26.4 Å². The van der Waals surface area contributed by atoms with Crippen molar-refractivity contribution in [3.05, 3.63) is 59.2 Å². The minimum Gasteiger partial charge on any atom is -0.343 e. The summed E-state index contributed by atoms with van der Waals surface area (Å²) in [4.78, 5) is 11.7. The number of sulfonamides is 1. The highest BCUT2D eigenvalue weighted by Crippen LogP contribution is 2.26. The van der Waals surface area contributed by atoms with Gasteiger partial charge in [-0.15, -0.1) is 0 Å². The molecule has 146 valence electrons. The molecule has 0 radical (unpaired) electrons. The average molecular weight is 400 g/mol. The lowest BCUT2D eigenvalue weighted by Crippen LogP contribution is -2.34. The maximum atomic E-state index is 12.9. The van der Waals surface area contributed by atoms with E-state index in [4.69, 9.17) is 0 Å². The lowest BCUT2D eigenvalue weighted by atomic mass is 10.1. The van der Waals surface area contributed by atoms with Crippen LogP contribution in [-0.2, 0) is 10.0 Å². The van der Waals surface area contributed by atoms with Crippen LogP contribution >= 0.6 is 0 Å². The van der Waals surface area contributed by atoms with Crippen LogP contribution in [0.15, 0.2) is 47.4 Å². The fourth-order valence-electron chi connectivity index (χ4n) is 2.43. The zero-order valence-electron chi connectivity index (χ0n) is 15.0. The third-order valence-corrected chi connectivity index (χ3v) is 5.68. The molecule has 0 aliphatic carbocycles. The van der Waals surface area contributed by atoms with Crippen LogP contribution in [-0.4, -0.2) is 34.1 Å². The molecule has 0 atom stereocenters. The highest BCUT2D eigenvalue weighted by Gasteiger charge is 2.28. The molecule has 0 saturated heterocycles.